The summed E-state index contributed by atoms with van der Waals surface area (Å²) in [5.74, 6) is -0.638. The molecule has 1 aliphatic rings. The van der Waals surface area contributed by atoms with E-state index in [1.54, 1.807) is 23.2 Å². The van der Waals surface area contributed by atoms with Gasteiger partial charge in [-0.2, -0.15) is 0 Å². The maximum atomic E-state index is 13.1. The van der Waals surface area contributed by atoms with Gasteiger partial charge in [-0.15, -0.1) is 0 Å². The van der Waals surface area contributed by atoms with E-state index in [0.29, 0.717) is 6.54 Å². The smallest absolute Gasteiger partial charge is 0.289 e. The Bertz CT molecular complexity index is 970. The minimum atomic E-state index is -0.532. The van der Waals surface area contributed by atoms with E-state index in [1.165, 1.54) is 6.26 Å². The molecular weight excluding hydrogens is 354 g/mol. The highest BCUT2D eigenvalue weighted by Crippen LogP contribution is 2.28. The Balaban J connectivity index is 1.57. The standard InChI is InChI=1S/C22H21N3O3/c1-15(16-7-3-2-4-8-16)24-21(26)18-14-25(22(27)19-10-6-12-28-19)13-17-9-5-11-23-20(17)18/h2-12,15,18H,13-14H2,1H3,(H,24,26). The Morgan fingerprint density at radius 1 is 1.14 bits per heavy atom. The van der Waals surface area contributed by atoms with Crippen molar-refractivity contribution in [1.29, 1.82) is 0 Å². The number of amides is 2. The first-order valence-electron chi connectivity index (χ1n) is 9.25. The van der Waals surface area contributed by atoms with Gasteiger partial charge in [-0.1, -0.05) is 36.4 Å². The van der Waals surface area contributed by atoms with Crippen molar-refractivity contribution in [2.45, 2.75) is 25.4 Å². The lowest BCUT2D eigenvalue weighted by molar-refractivity contribution is -0.123. The molecule has 3 heterocycles. The van der Waals surface area contributed by atoms with Crippen molar-refractivity contribution in [3.63, 3.8) is 0 Å². The topological polar surface area (TPSA) is 75.4 Å². The highest BCUT2D eigenvalue weighted by molar-refractivity contribution is 5.93. The number of hydrogen-bond donors (Lipinski definition) is 1. The van der Waals surface area contributed by atoms with Crippen LogP contribution in [0, 0.1) is 0 Å². The summed E-state index contributed by atoms with van der Waals surface area (Å²) in [6.07, 6.45) is 3.15. The average molecular weight is 375 g/mol. The van der Waals surface area contributed by atoms with E-state index in [1.807, 2.05) is 49.4 Å². The van der Waals surface area contributed by atoms with Crippen molar-refractivity contribution in [2.75, 3.05) is 6.54 Å². The van der Waals surface area contributed by atoms with Crippen LogP contribution in [0.5, 0.6) is 0 Å². The molecule has 3 aromatic rings. The van der Waals surface area contributed by atoms with Gasteiger partial charge in [0.25, 0.3) is 5.91 Å². The van der Waals surface area contributed by atoms with Gasteiger partial charge in [-0.25, -0.2) is 0 Å². The number of nitrogens with one attached hydrogen (secondary N) is 1. The molecule has 6 nitrogen and oxygen atoms in total. The SMILES string of the molecule is CC(NC(=O)C1CN(C(=O)c2ccco2)Cc2cccnc21)c1ccccc1. The lowest BCUT2D eigenvalue weighted by Gasteiger charge is -2.33. The second kappa shape index (κ2) is 7.68. The summed E-state index contributed by atoms with van der Waals surface area (Å²) in [6, 6.07) is 16.7. The van der Waals surface area contributed by atoms with Crippen LogP contribution >= 0.6 is 0 Å². The summed E-state index contributed by atoms with van der Waals surface area (Å²) in [5.41, 5.74) is 2.63. The summed E-state index contributed by atoms with van der Waals surface area (Å²) < 4.78 is 5.25. The number of hydrogen-bond acceptors (Lipinski definition) is 4. The molecule has 0 fully saturated rings. The third-order valence-electron chi connectivity index (χ3n) is 5.01. The highest BCUT2D eigenvalue weighted by Gasteiger charge is 2.35. The molecule has 0 saturated carbocycles. The fourth-order valence-electron chi connectivity index (χ4n) is 3.53. The number of aromatic nitrogens is 1. The van der Waals surface area contributed by atoms with E-state index in [0.717, 1.165) is 16.8 Å². The normalized spacial score (nSPS) is 16.9. The van der Waals surface area contributed by atoms with Crippen LogP contribution in [0.25, 0.3) is 0 Å². The molecule has 6 heteroatoms. The van der Waals surface area contributed by atoms with Crippen LogP contribution in [-0.2, 0) is 11.3 Å². The molecule has 2 atom stereocenters. The molecule has 2 aromatic heterocycles. The molecule has 1 aliphatic heterocycles. The van der Waals surface area contributed by atoms with E-state index >= 15 is 0 Å². The van der Waals surface area contributed by atoms with Gasteiger partial charge in [0, 0.05) is 19.3 Å². The number of carbonyl (C=O) groups is 2. The predicted octanol–water partition coefficient (Wildman–Crippen LogP) is 3.29. The number of furan rings is 1. The van der Waals surface area contributed by atoms with Gasteiger partial charge in [-0.05, 0) is 36.2 Å². The fraction of sp³-hybridized carbons (Fsp3) is 0.227. The molecular formula is C22H21N3O3. The summed E-state index contributed by atoms with van der Waals surface area (Å²) >= 11 is 0. The van der Waals surface area contributed by atoms with E-state index < -0.39 is 5.92 Å². The van der Waals surface area contributed by atoms with Gasteiger partial charge >= 0.3 is 0 Å². The molecule has 0 bridgehead atoms. The van der Waals surface area contributed by atoms with Gasteiger partial charge in [-0.3, -0.25) is 14.6 Å². The van der Waals surface area contributed by atoms with Crippen molar-refractivity contribution in [1.82, 2.24) is 15.2 Å². The quantitative estimate of drug-likeness (QED) is 0.759. The highest BCUT2D eigenvalue weighted by atomic mass is 16.3. The number of fused-ring (bicyclic) bond motifs is 1. The maximum Gasteiger partial charge on any atom is 0.289 e. The molecule has 2 amide bonds. The zero-order valence-electron chi connectivity index (χ0n) is 15.5. The number of rotatable bonds is 4. The third-order valence-corrected chi connectivity index (χ3v) is 5.01. The van der Waals surface area contributed by atoms with Crippen molar-refractivity contribution in [3.8, 4) is 0 Å². The first kappa shape index (κ1) is 18.0. The lowest BCUT2D eigenvalue weighted by atomic mass is 9.93. The lowest BCUT2D eigenvalue weighted by Crippen LogP contribution is -2.44. The maximum absolute atomic E-state index is 13.1. The van der Waals surface area contributed by atoms with E-state index in [-0.39, 0.29) is 30.2 Å². The Morgan fingerprint density at radius 2 is 1.96 bits per heavy atom. The van der Waals surface area contributed by atoms with Crippen LogP contribution in [0.1, 0.15) is 46.3 Å². The van der Waals surface area contributed by atoms with Crippen LogP contribution < -0.4 is 5.32 Å². The van der Waals surface area contributed by atoms with Crippen molar-refractivity contribution < 1.29 is 14.0 Å². The average Bonchev–Trinajstić information content (AvgIpc) is 3.27. The van der Waals surface area contributed by atoms with Crippen molar-refractivity contribution in [3.05, 3.63) is 89.6 Å². The van der Waals surface area contributed by atoms with Crippen molar-refractivity contribution >= 4 is 11.8 Å². The van der Waals surface area contributed by atoms with E-state index in [4.69, 9.17) is 4.42 Å². The van der Waals surface area contributed by atoms with E-state index in [2.05, 4.69) is 10.3 Å². The largest absolute Gasteiger partial charge is 0.459 e. The molecule has 2 unspecified atom stereocenters. The Hall–Kier alpha value is -3.41. The van der Waals surface area contributed by atoms with Gasteiger partial charge in [0.2, 0.25) is 5.91 Å². The summed E-state index contributed by atoms with van der Waals surface area (Å²) in [7, 11) is 0. The molecule has 0 spiro atoms. The second-order valence-corrected chi connectivity index (χ2v) is 6.90. The Kier molecular flexibility index (Phi) is 4.93. The molecule has 0 aliphatic carbocycles. The van der Waals surface area contributed by atoms with Gasteiger partial charge in [0.05, 0.1) is 23.9 Å². The molecule has 28 heavy (non-hydrogen) atoms. The number of benzene rings is 1. The molecule has 0 radical (unpaired) electrons. The number of pyridine rings is 1. The van der Waals surface area contributed by atoms with Crippen LogP contribution in [0.3, 0.4) is 0 Å². The zero-order chi connectivity index (χ0) is 19.5. The molecule has 4 rings (SSSR count). The molecule has 142 valence electrons. The fourth-order valence-corrected chi connectivity index (χ4v) is 3.53. The third kappa shape index (κ3) is 3.53. The molecule has 0 saturated heterocycles. The van der Waals surface area contributed by atoms with Gasteiger partial charge in [0.15, 0.2) is 5.76 Å². The van der Waals surface area contributed by atoms with Crippen LogP contribution in [-0.4, -0.2) is 28.2 Å². The summed E-state index contributed by atoms with van der Waals surface area (Å²) in [4.78, 5) is 31.9. The predicted molar refractivity (Wildman–Crippen MR) is 103 cm³/mol. The van der Waals surface area contributed by atoms with Gasteiger partial charge in [0.1, 0.15) is 0 Å². The Morgan fingerprint density at radius 3 is 2.71 bits per heavy atom. The number of carbonyl (C=O) groups excluding carboxylic acids is 2. The first-order chi connectivity index (χ1) is 13.6. The minimum absolute atomic E-state index is 0.142. The monoisotopic (exact) mass is 375 g/mol. The van der Waals surface area contributed by atoms with E-state index in [9.17, 15) is 9.59 Å². The van der Waals surface area contributed by atoms with Crippen LogP contribution in [0.15, 0.2) is 71.5 Å². The molecule has 1 aromatic carbocycles. The minimum Gasteiger partial charge on any atom is -0.459 e. The second-order valence-electron chi connectivity index (χ2n) is 6.90. The van der Waals surface area contributed by atoms with Gasteiger partial charge < -0.3 is 14.6 Å². The van der Waals surface area contributed by atoms with Crippen molar-refractivity contribution in [2.24, 2.45) is 0 Å². The van der Waals surface area contributed by atoms with Crippen LogP contribution in [0.4, 0.5) is 0 Å². The summed E-state index contributed by atoms with van der Waals surface area (Å²) in [5, 5.41) is 3.06. The number of nitrogens with zero attached hydrogens (tertiary/aromatic N) is 2. The molecule has 1 N–H and O–H groups in total. The Labute approximate surface area is 163 Å². The zero-order valence-corrected chi connectivity index (χ0v) is 15.5. The first-order valence-corrected chi connectivity index (χ1v) is 9.25. The van der Waals surface area contributed by atoms with Crippen LogP contribution in [0.2, 0.25) is 0 Å². The summed E-state index contributed by atoms with van der Waals surface area (Å²) in [6.45, 7) is 2.61.